The van der Waals surface area contributed by atoms with Crippen LogP contribution < -0.4 is 5.56 Å². The Kier molecular flexibility index (Phi) is 7.45. The lowest BCUT2D eigenvalue weighted by atomic mass is 9.98. The fourth-order valence-corrected chi connectivity index (χ4v) is 4.20. The van der Waals surface area contributed by atoms with E-state index in [9.17, 15) is 9.59 Å². The minimum atomic E-state index is -0.928. The Hall–Kier alpha value is -4.14. The van der Waals surface area contributed by atoms with Crippen molar-refractivity contribution in [2.75, 3.05) is 0 Å². The maximum absolute atomic E-state index is 12.6. The van der Waals surface area contributed by atoms with Crippen molar-refractivity contribution in [2.24, 2.45) is 0 Å². The van der Waals surface area contributed by atoms with Crippen molar-refractivity contribution in [3.05, 3.63) is 81.5 Å². The van der Waals surface area contributed by atoms with Crippen LogP contribution in [0.25, 0.3) is 22.5 Å². The van der Waals surface area contributed by atoms with Crippen LogP contribution in [-0.4, -0.2) is 41.3 Å². The number of nitrogens with zero attached hydrogens (tertiary/aromatic N) is 5. The Morgan fingerprint density at radius 2 is 1.80 bits per heavy atom. The molecule has 9 nitrogen and oxygen atoms in total. The first-order chi connectivity index (χ1) is 17.0. The molecule has 0 radical (unpaired) electrons. The predicted octanol–water partition coefficient (Wildman–Crippen LogP) is 3.81. The van der Waals surface area contributed by atoms with Crippen LogP contribution in [0.4, 0.5) is 0 Å². The van der Waals surface area contributed by atoms with Crippen molar-refractivity contribution < 1.29 is 9.90 Å². The molecule has 0 aliphatic heterocycles. The van der Waals surface area contributed by atoms with Crippen LogP contribution in [0.2, 0.25) is 0 Å². The lowest BCUT2D eigenvalue weighted by Gasteiger charge is -2.19. The summed E-state index contributed by atoms with van der Waals surface area (Å²) in [5, 5.41) is 23.3. The molecule has 2 N–H and O–H groups in total. The molecule has 0 aliphatic rings. The van der Waals surface area contributed by atoms with Crippen LogP contribution in [0.1, 0.15) is 48.8 Å². The molecular weight excluding hydrogens is 444 g/mol. The molecule has 0 amide bonds. The Morgan fingerprint density at radius 1 is 1.06 bits per heavy atom. The van der Waals surface area contributed by atoms with Crippen LogP contribution in [0, 0.1) is 6.92 Å². The van der Waals surface area contributed by atoms with Gasteiger partial charge in [0.1, 0.15) is 5.82 Å². The monoisotopic (exact) mass is 472 g/mol. The fraction of sp³-hybridized carbons (Fsp3) is 0.308. The first kappa shape index (κ1) is 24.0. The molecule has 2 heterocycles. The number of benzene rings is 2. The van der Waals surface area contributed by atoms with Crippen LogP contribution in [0.3, 0.4) is 0 Å². The Balaban J connectivity index is 1.66. The average molecular weight is 473 g/mol. The summed E-state index contributed by atoms with van der Waals surface area (Å²) in [7, 11) is 0. The van der Waals surface area contributed by atoms with E-state index in [-0.39, 0.29) is 18.4 Å². The smallest absolute Gasteiger partial charge is 0.303 e. The largest absolute Gasteiger partial charge is 0.481 e. The van der Waals surface area contributed by atoms with Gasteiger partial charge in [-0.25, -0.2) is 5.10 Å². The van der Waals surface area contributed by atoms with Gasteiger partial charge in [0, 0.05) is 36.2 Å². The molecule has 0 atom stereocenters. The summed E-state index contributed by atoms with van der Waals surface area (Å²) in [4.78, 5) is 28.1. The number of carboxylic acids is 1. The van der Waals surface area contributed by atoms with Gasteiger partial charge < -0.3 is 9.67 Å². The zero-order chi connectivity index (χ0) is 24.8. The van der Waals surface area contributed by atoms with Gasteiger partial charge >= 0.3 is 5.97 Å². The van der Waals surface area contributed by atoms with E-state index < -0.39 is 5.97 Å². The lowest BCUT2D eigenvalue weighted by molar-refractivity contribution is -0.136. The molecule has 4 rings (SSSR count). The van der Waals surface area contributed by atoms with Crippen molar-refractivity contribution in [3.8, 4) is 22.5 Å². The highest BCUT2D eigenvalue weighted by atomic mass is 16.4. The second-order valence-electron chi connectivity index (χ2n) is 8.47. The summed E-state index contributed by atoms with van der Waals surface area (Å²) in [6, 6.07) is 16.2. The number of nitrogens with one attached hydrogen (secondary N) is 1. The van der Waals surface area contributed by atoms with E-state index in [0.29, 0.717) is 24.4 Å². The van der Waals surface area contributed by atoms with Gasteiger partial charge in [-0.05, 0) is 46.9 Å². The second kappa shape index (κ2) is 10.9. The number of unbranched alkanes of at least 4 members (excludes halogenated alkanes) is 1. The van der Waals surface area contributed by atoms with Crippen molar-refractivity contribution in [1.29, 1.82) is 0 Å². The highest BCUT2D eigenvalue weighted by Crippen LogP contribution is 2.30. The third-order valence-electron chi connectivity index (χ3n) is 6.12. The quantitative estimate of drug-likeness (QED) is 0.359. The lowest BCUT2D eigenvalue weighted by Crippen LogP contribution is -2.26. The van der Waals surface area contributed by atoms with Crippen molar-refractivity contribution in [1.82, 2.24) is 30.2 Å². The SMILES string of the molecule is CCCCc1nc(=O)c(CCC(=O)O)c(C)n1Cc1ccc(-c2ccccc2-c2nnn[nH]2)cc1. The number of aliphatic carboxylic acids is 1. The highest BCUT2D eigenvalue weighted by Gasteiger charge is 2.16. The highest BCUT2D eigenvalue weighted by molar-refractivity contribution is 5.80. The third kappa shape index (κ3) is 5.51. The number of carboxylic acid groups (broad SMARTS) is 1. The Bertz CT molecular complexity index is 1360. The van der Waals surface area contributed by atoms with E-state index in [0.717, 1.165) is 46.6 Å². The number of rotatable bonds is 10. The number of hydrogen-bond donors (Lipinski definition) is 2. The maximum atomic E-state index is 12.6. The molecule has 2 aromatic carbocycles. The zero-order valence-corrected chi connectivity index (χ0v) is 19.9. The molecule has 9 heteroatoms. The van der Waals surface area contributed by atoms with Crippen LogP contribution in [-0.2, 0) is 24.2 Å². The number of aromatic amines is 1. The molecule has 0 aliphatic carbocycles. The number of aromatic nitrogens is 6. The minimum absolute atomic E-state index is 0.0963. The van der Waals surface area contributed by atoms with E-state index >= 15 is 0 Å². The first-order valence-corrected chi connectivity index (χ1v) is 11.7. The third-order valence-corrected chi connectivity index (χ3v) is 6.12. The topological polar surface area (TPSA) is 127 Å². The minimum Gasteiger partial charge on any atom is -0.481 e. The van der Waals surface area contributed by atoms with Crippen LogP contribution in [0.5, 0.6) is 0 Å². The predicted molar refractivity (Wildman–Crippen MR) is 132 cm³/mol. The number of H-pyrrole nitrogens is 1. The van der Waals surface area contributed by atoms with Crippen molar-refractivity contribution in [3.63, 3.8) is 0 Å². The summed E-state index contributed by atoms with van der Waals surface area (Å²) in [6.07, 6.45) is 2.69. The van der Waals surface area contributed by atoms with E-state index in [2.05, 4.69) is 61.4 Å². The molecule has 0 fully saturated rings. The number of aryl methyl sites for hydroxylation is 1. The maximum Gasteiger partial charge on any atom is 0.303 e. The molecule has 35 heavy (non-hydrogen) atoms. The molecular formula is C26H28N6O3. The van der Waals surface area contributed by atoms with Gasteiger partial charge in [0.05, 0.1) is 0 Å². The Labute approximate surface area is 202 Å². The van der Waals surface area contributed by atoms with E-state index in [1.54, 1.807) is 0 Å². The van der Waals surface area contributed by atoms with Gasteiger partial charge in [-0.15, -0.1) is 5.10 Å². The van der Waals surface area contributed by atoms with Gasteiger partial charge in [0.25, 0.3) is 5.56 Å². The summed E-state index contributed by atoms with van der Waals surface area (Å²) in [5.41, 5.74) is 4.95. The molecule has 0 bridgehead atoms. The molecule has 4 aromatic rings. The standard InChI is InChI=1S/C26H28N6O3/c1-3-4-9-23-27-26(35)20(14-15-24(33)34)17(2)32(23)16-18-10-12-19(13-11-18)21-7-5-6-8-22(21)25-28-30-31-29-25/h5-8,10-13H,3-4,9,14-16H2,1-2H3,(H,33,34)(H,28,29,30,31). The van der Waals surface area contributed by atoms with Gasteiger partial charge in [-0.2, -0.15) is 4.98 Å². The van der Waals surface area contributed by atoms with E-state index in [1.807, 2.05) is 31.2 Å². The van der Waals surface area contributed by atoms with Crippen LogP contribution >= 0.6 is 0 Å². The Morgan fingerprint density at radius 3 is 2.46 bits per heavy atom. The molecule has 0 spiro atoms. The van der Waals surface area contributed by atoms with Gasteiger partial charge in [-0.1, -0.05) is 61.9 Å². The number of hydrogen-bond acceptors (Lipinski definition) is 6. The zero-order valence-electron chi connectivity index (χ0n) is 19.9. The summed E-state index contributed by atoms with van der Waals surface area (Å²) in [5.74, 6) is 0.414. The molecule has 0 unspecified atom stereocenters. The molecule has 2 aromatic heterocycles. The molecule has 180 valence electrons. The van der Waals surface area contributed by atoms with E-state index in [1.165, 1.54) is 0 Å². The second-order valence-corrected chi connectivity index (χ2v) is 8.47. The normalized spacial score (nSPS) is 11.0. The van der Waals surface area contributed by atoms with Crippen LogP contribution in [0.15, 0.2) is 53.3 Å². The average Bonchev–Trinajstić information content (AvgIpc) is 3.40. The van der Waals surface area contributed by atoms with Crippen molar-refractivity contribution >= 4 is 5.97 Å². The number of tetrazole rings is 1. The fourth-order valence-electron chi connectivity index (χ4n) is 4.20. The van der Waals surface area contributed by atoms with Gasteiger partial charge in [0.15, 0.2) is 5.82 Å². The summed E-state index contributed by atoms with van der Waals surface area (Å²) >= 11 is 0. The van der Waals surface area contributed by atoms with E-state index in [4.69, 9.17) is 5.11 Å². The van der Waals surface area contributed by atoms with Gasteiger partial charge in [-0.3, -0.25) is 9.59 Å². The summed E-state index contributed by atoms with van der Waals surface area (Å²) < 4.78 is 2.05. The van der Waals surface area contributed by atoms with Crippen molar-refractivity contribution in [2.45, 2.75) is 52.5 Å². The molecule has 0 saturated carbocycles. The molecule has 0 saturated heterocycles. The van der Waals surface area contributed by atoms with Gasteiger partial charge in [0.2, 0.25) is 0 Å². The first-order valence-electron chi connectivity index (χ1n) is 11.7. The summed E-state index contributed by atoms with van der Waals surface area (Å²) in [6.45, 7) is 4.53. The number of carbonyl (C=O) groups is 1.